The highest BCUT2D eigenvalue weighted by atomic mass is 35.5. The minimum atomic E-state index is -3.28. The molecule has 0 aliphatic carbocycles. The first-order valence-electron chi connectivity index (χ1n) is 2.61. The standard InChI is InChI=1S/C4H10ClNO3S/c1-6(9-2)10(7,8)4-3-5/h3-4H2,1-2H3. The summed E-state index contributed by atoms with van der Waals surface area (Å²) in [5, 5.41) is 0. The van der Waals surface area contributed by atoms with Crippen LogP contribution in [-0.4, -0.2) is 38.7 Å². The molecule has 0 aromatic rings. The van der Waals surface area contributed by atoms with Gasteiger partial charge in [0.2, 0.25) is 10.0 Å². The second kappa shape index (κ2) is 4.12. The van der Waals surface area contributed by atoms with Crippen LogP contribution in [0.1, 0.15) is 0 Å². The van der Waals surface area contributed by atoms with Crippen LogP contribution in [-0.2, 0) is 14.9 Å². The van der Waals surface area contributed by atoms with E-state index in [1.54, 1.807) is 0 Å². The van der Waals surface area contributed by atoms with Crippen molar-refractivity contribution < 1.29 is 13.3 Å². The van der Waals surface area contributed by atoms with Crippen molar-refractivity contribution >= 4 is 21.6 Å². The average molecular weight is 188 g/mol. The SMILES string of the molecule is CON(C)S(=O)(=O)CCCl. The lowest BCUT2D eigenvalue weighted by Gasteiger charge is -2.11. The van der Waals surface area contributed by atoms with Gasteiger partial charge in [-0.2, -0.15) is 0 Å². The first-order chi connectivity index (χ1) is 4.54. The Kier molecular flexibility index (Phi) is 4.19. The molecule has 0 unspecified atom stereocenters. The van der Waals surface area contributed by atoms with Gasteiger partial charge in [-0.25, -0.2) is 8.42 Å². The minimum Gasteiger partial charge on any atom is -0.288 e. The Morgan fingerprint density at radius 3 is 2.40 bits per heavy atom. The minimum absolute atomic E-state index is 0.0794. The lowest BCUT2D eigenvalue weighted by atomic mass is 11.0. The molecular formula is C4H10ClNO3S. The lowest BCUT2D eigenvalue weighted by molar-refractivity contribution is -0.0256. The molecule has 0 spiro atoms. The zero-order valence-corrected chi connectivity index (χ0v) is 7.44. The quantitative estimate of drug-likeness (QED) is 0.462. The van der Waals surface area contributed by atoms with Crippen LogP contribution in [0.4, 0.5) is 0 Å². The number of rotatable bonds is 4. The number of sulfonamides is 1. The molecule has 0 aromatic carbocycles. The van der Waals surface area contributed by atoms with E-state index in [1.165, 1.54) is 14.2 Å². The third-order valence-electron chi connectivity index (χ3n) is 0.984. The average Bonchev–Trinajstić information content (AvgIpc) is 1.86. The first-order valence-corrected chi connectivity index (χ1v) is 4.75. The molecule has 0 aliphatic rings. The Labute approximate surface area is 65.7 Å². The molecule has 0 amide bonds. The molecule has 0 aliphatic heterocycles. The topological polar surface area (TPSA) is 46.6 Å². The summed E-state index contributed by atoms with van der Waals surface area (Å²) in [5.74, 6) is -0.0189. The molecule has 4 nitrogen and oxygen atoms in total. The van der Waals surface area contributed by atoms with E-state index < -0.39 is 10.0 Å². The predicted molar refractivity (Wildman–Crippen MR) is 39.3 cm³/mol. The highest BCUT2D eigenvalue weighted by Gasteiger charge is 2.15. The van der Waals surface area contributed by atoms with Crippen LogP contribution < -0.4 is 0 Å². The molecule has 0 saturated heterocycles. The van der Waals surface area contributed by atoms with Crippen molar-refractivity contribution in [2.75, 3.05) is 25.8 Å². The van der Waals surface area contributed by atoms with Crippen LogP contribution in [0.3, 0.4) is 0 Å². The summed E-state index contributed by atoms with van der Waals surface area (Å²) in [6.45, 7) is 0. The fourth-order valence-electron chi connectivity index (χ4n) is 0.340. The van der Waals surface area contributed by atoms with E-state index in [0.29, 0.717) is 0 Å². The van der Waals surface area contributed by atoms with Crippen molar-refractivity contribution in [3.63, 3.8) is 0 Å². The van der Waals surface area contributed by atoms with E-state index in [4.69, 9.17) is 11.6 Å². The monoisotopic (exact) mass is 187 g/mol. The maximum atomic E-state index is 10.9. The van der Waals surface area contributed by atoms with Gasteiger partial charge < -0.3 is 0 Å². The summed E-state index contributed by atoms with van der Waals surface area (Å²) in [7, 11) is -0.676. The number of hydroxylamine groups is 1. The second-order valence-corrected chi connectivity index (χ2v) is 4.06. The van der Waals surface area contributed by atoms with Crippen molar-refractivity contribution in [1.29, 1.82) is 0 Å². The Bertz CT molecular complexity index is 179. The lowest BCUT2D eigenvalue weighted by Crippen LogP contribution is -2.28. The molecule has 0 fully saturated rings. The van der Waals surface area contributed by atoms with E-state index in [1.807, 2.05) is 0 Å². The van der Waals surface area contributed by atoms with E-state index >= 15 is 0 Å². The van der Waals surface area contributed by atoms with Crippen molar-refractivity contribution in [3.8, 4) is 0 Å². The van der Waals surface area contributed by atoms with Gasteiger partial charge >= 0.3 is 0 Å². The molecule has 6 heteroatoms. The summed E-state index contributed by atoms with van der Waals surface area (Å²) in [6, 6.07) is 0. The fourth-order valence-corrected chi connectivity index (χ4v) is 1.60. The van der Waals surface area contributed by atoms with Crippen LogP contribution in [0.2, 0.25) is 0 Å². The summed E-state index contributed by atoms with van der Waals surface area (Å²) >= 11 is 5.23. The van der Waals surface area contributed by atoms with E-state index in [-0.39, 0.29) is 11.6 Å². The van der Waals surface area contributed by atoms with Crippen molar-refractivity contribution in [2.45, 2.75) is 0 Å². The van der Waals surface area contributed by atoms with Crippen LogP contribution >= 0.6 is 11.6 Å². The number of halogens is 1. The molecule has 62 valence electrons. The van der Waals surface area contributed by atoms with Crippen molar-refractivity contribution in [1.82, 2.24) is 4.47 Å². The van der Waals surface area contributed by atoms with Gasteiger partial charge in [0.15, 0.2) is 0 Å². The summed E-state index contributed by atoms with van der Waals surface area (Å²) in [6.07, 6.45) is 0. The molecule has 0 aromatic heterocycles. The Morgan fingerprint density at radius 2 is 2.10 bits per heavy atom. The molecule has 0 N–H and O–H groups in total. The zero-order chi connectivity index (χ0) is 8.20. The first kappa shape index (κ1) is 10.2. The smallest absolute Gasteiger partial charge is 0.236 e. The Balaban J connectivity index is 4.12. The highest BCUT2D eigenvalue weighted by Crippen LogP contribution is 1.97. The van der Waals surface area contributed by atoms with Crippen LogP contribution in [0.5, 0.6) is 0 Å². The van der Waals surface area contributed by atoms with E-state index in [0.717, 1.165) is 4.47 Å². The third kappa shape index (κ3) is 2.83. The summed E-state index contributed by atoms with van der Waals surface area (Å²) in [5.41, 5.74) is 0. The van der Waals surface area contributed by atoms with Crippen molar-refractivity contribution in [3.05, 3.63) is 0 Å². The third-order valence-corrected chi connectivity index (χ3v) is 3.05. The van der Waals surface area contributed by atoms with Crippen molar-refractivity contribution in [2.24, 2.45) is 0 Å². The molecule has 10 heavy (non-hydrogen) atoms. The Morgan fingerprint density at radius 1 is 1.60 bits per heavy atom. The predicted octanol–water partition coefficient (Wildman–Crippen LogP) is 0.0482. The summed E-state index contributed by atoms with van der Waals surface area (Å²) < 4.78 is 22.5. The van der Waals surface area contributed by atoms with E-state index in [9.17, 15) is 8.42 Å². The number of hydrogen-bond acceptors (Lipinski definition) is 3. The molecule has 0 rings (SSSR count). The maximum absolute atomic E-state index is 10.9. The van der Waals surface area contributed by atoms with Gasteiger partial charge in [0.25, 0.3) is 0 Å². The van der Waals surface area contributed by atoms with Crippen LogP contribution in [0.25, 0.3) is 0 Å². The molecular weight excluding hydrogens is 178 g/mol. The Hall–Kier alpha value is 0.160. The second-order valence-electron chi connectivity index (χ2n) is 1.60. The van der Waals surface area contributed by atoms with Crippen LogP contribution in [0, 0.1) is 0 Å². The number of alkyl halides is 1. The van der Waals surface area contributed by atoms with Gasteiger partial charge in [-0.15, -0.1) is 11.6 Å². The normalized spacial score (nSPS) is 12.4. The highest BCUT2D eigenvalue weighted by molar-refractivity contribution is 7.89. The summed E-state index contributed by atoms with van der Waals surface area (Å²) in [4.78, 5) is 4.45. The molecule has 0 radical (unpaired) electrons. The van der Waals surface area contributed by atoms with Gasteiger partial charge in [0.05, 0.1) is 12.9 Å². The molecule has 0 saturated carbocycles. The van der Waals surface area contributed by atoms with Gasteiger partial charge in [-0.1, -0.05) is 4.47 Å². The van der Waals surface area contributed by atoms with Crippen LogP contribution in [0.15, 0.2) is 0 Å². The van der Waals surface area contributed by atoms with Gasteiger partial charge in [-0.05, 0) is 0 Å². The van der Waals surface area contributed by atoms with E-state index in [2.05, 4.69) is 4.84 Å². The fraction of sp³-hybridized carbons (Fsp3) is 1.00. The number of hydrogen-bond donors (Lipinski definition) is 0. The maximum Gasteiger partial charge on any atom is 0.236 e. The largest absolute Gasteiger partial charge is 0.288 e. The molecule has 0 bridgehead atoms. The molecule has 0 heterocycles. The van der Waals surface area contributed by atoms with Gasteiger partial charge in [0, 0.05) is 12.9 Å². The van der Waals surface area contributed by atoms with Gasteiger partial charge in [0.1, 0.15) is 0 Å². The zero-order valence-electron chi connectivity index (χ0n) is 5.87. The molecule has 0 atom stereocenters. The number of nitrogens with zero attached hydrogens (tertiary/aromatic N) is 1. The van der Waals surface area contributed by atoms with Gasteiger partial charge in [-0.3, -0.25) is 4.84 Å².